The largest absolute Gasteiger partial charge is 0.356 e. The molecule has 1 amide bonds. The Balaban J connectivity index is 0.00000341. The monoisotopic (exact) mass is 538 g/mol. The van der Waals surface area contributed by atoms with E-state index in [0.717, 1.165) is 57.0 Å². The number of hydrogen-bond acceptors (Lipinski definition) is 2. The summed E-state index contributed by atoms with van der Waals surface area (Å²) in [6, 6.07) is 17.0. The van der Waals surface area contributed by atoms with Gasteiger partial charge in [-0.1, -0.05) is 42.5 Å². The molecule has 1 aliphatic rings. The van der Waals surface area contributed by atoms with E-state index in [1.807, 2.05) is 29.2 Å². The first-order valence-electron chi connectivity index (χ1n) is 10.6. The summed E-state index contributed by atoms with van der Waals surface area (Å²) in [5, 5.41) is 6.63. The average Bonchev–Trinajstić information content (AvgIpc) is 3.12. The summed E-state index contributed by atoms with van der Waals surface area (Å²) in [5.74, 6) is 1.07. The van der Waals surface area contributed by atoms with Gasteiger partial charge in [0.15, 0.2) is 5.96 Å². The van der Waals surface area contributed by atoms with E-state index in [1.165, 1.54) is 11.6 Å². The normalized spacial score (nSPS) is 16.2. The molecule has 5 nitrogen and oxygen atoms in total. The fraction of sp³-hybridized carbons (Fsp3) is 0.417. The van der Waals surface area contributed by atoms with Crippen LogP contribution in [0.2, 0.25) is 0 Å². The Hall–Kier alpha value is -2.16. The molecule has 0 aromatic heterocycles. The van der Waals surface area contributed by atoms with Crippen molar-refractivity contribution in [1.82, 2.24) is 15.5 Å². The highest BCUT2D eigenvalue weighted by Crippen LogP contribution is 2.17. The Morgan fingerprint density at radius 1 is 1.10 bits per heavy atom. The number of amides is 1. The van der Waals surface area contributed by atoms with Crippen LogP contribution in [0.3, 0.4) is 0 Å². The van der Waals surface area contributed by atoms with Crippen molar-refractivity contribution >= 4 is 35.8 Å². The predicted molar refractivity (Wildman–Crippen MR) is 134 cm³/mol. The maximum atomic E-state index is 13.2. The summed E-state index contributed by atoms with van der Waals surface area (Å²) < 4.78 is 13.2. The lowest BCUT2D eigenvalue weighted by Crippen LogP contribution is -2.40. The summed E-state index contributed by atoms with van der Waals surface area (Å²) in [5.41, 5.74) is 2.26. The van der Waals surface area contributed by atoms with Crippen LogP contribution in [-0.2, 0) is 17.6 Å². The Kier molecular flexibility index (Phi) is 10.8. The molecule has 1 aliphatic heterocycles. The summed E-state index contributed by atoms with van der Waals surface area (Å²) in [6.45, 7) is 3.03. The highest BCUT2D eigenvalue weighted by Gasteiger charge is 2.29. The zero-order valence-electron chi connectivity index (χ0n) is 18.0. The summed E-state index contributed by atoms with van der Waals surface area (Å²) in [6.07, 6.45) is 3.17. The number of carbonyl (C=O) groups excluding carboxylic acids is 1. The van der Waals surface area contributed by atoms with E-state index in [-0.39, 0.29) is 35.7 Å². The number of benzene rings is 2. The molecular formula is C24H32FIN4O. The minimum atomic E-state index is -0.193. The van der Waals surface area contributed by atoms with Crippen LogP contribution in [0.1, 0.15) is 24.0 Å². The van der Waals surface area contributed by atoms with Crippen molar-refractivity contribution in [3.05, 3.63) is 71.5 Å². The molecule has 168 valence electrons. The SMILES string of the molecule is CN=C(NCCCc1cccc(F)c1)NCC1CC(=O)N(CCc2ccccc2)C1.I. The topological polar surface area (TPSA) is 56.7 Å². The van der Waals surface area contributed by atoms with Gasteiger partial charge in [-0.2, -0.15) is 0 Å². The molecule has 1 heterocycles. The molecule has 1 saturated heterocycles. The van der Waals surface area contributed by atoms with E-state index in [0.29, 0.717) is 12.3 Å². The van der Waals surface area contributed by atoms with Crippen molar-refractivity contribution in [3.8, 4) is 0 Å². The maximum Gasteiger partial charge on any atom is 0.223 e. The molecule has 7 heteroatoms. The Labute approximate surface area is 201 Å². The number of aliphatic imine (C=N–C) groups is 1. The first kappa shape index (κ1) is 25.1. The smallest absolute Gasteiger partial charge is 0.223 e. The molecule has 31 heavy (non-hydrogen) atoms. The number of nitrogens with zero attached hydrogens (tertiary/aromatic N) is 2. The Morgan fingerprint density at radius 2 is 1.87 bits per heavy atom. The van der Waals surface area contributed by atoms with Crippen LogP contribution >= 0.6 is 24.0 Å². The van der Waals surface area contributed by atoms with Crippen LogP contribution < -0.4 is 10.6 Å². The van der Waals surface area contributed by atoms with Crippen LogP contribution in [0.15, 0.2) is 59.6 Å². The minimum Gasteiger partial charge on any atom is -0.356 e. The number of nitrogens with one attached hydrogen (secondary N) is 2. The average molecular weight is 538 g/mol. The standard InChI is InChI=1S/C24H31FN4O.HI/c1-26-24(27-13-6-10-20-9-5-11-22(25)15-20)28-17-21-16-23(30)29(18-21)14-12-19-7-3-2-4-8-19;/h2-5,7-9,11,15,21H,6,10,12-14,16-18H2,1H3,(H2,26,27,28);1H. The summed E-state index contributed by atoms with van der Waals surface area (Å²) in [4.78, 5) is 18.5. The maximum absolute atomic E-state index is 13.2. The Bertz CT molecular complexity index is 846. The summed E-state index contributed by atoms with van der Waals surface area (Å²) >= 11 is 0. The van der Waals surface area contributed by atoms with Gasteiger partial charge in [0.2, 0.25) is 5.91 Å². The zero-order chi connectivity index (χ0) is 21.2. The van der Waals surface area contributed by atoms with Crippen LogP contribution in [0.4, 0.5) is 4.39 Å². The van der Waals surface area contributed by atoms with Gasteiger partial charge >= 0.3 is 0 Å². The summed E-state index contributed by atoms with van der Waals surface area (Å²) in [7, 11) is 1.74. The van der Waals surface area contributed by atoms with Gasteiger partial charge in [0.1, 0.15) is 5.82 Å². The second-order valence-electron chi connectivity index (χ2n) is 7.76. The molecule has 0 aliphatic carbocycles. The minimum absolute atomic E-state index is 0. The molecular weight excluding hydrogens is 506 g/mol. The predicted octanol–water partition coefficient (Wildman–Crippen LogP) is 3.63. The third-order valence-corrected chi connectivity index (χ3v) is 5.41. The number of halogens is 2. The fourth-order valence-electron chi connectivity index (χ4n) is 3.77. The number of carbonyl (C=O) groups is 1. The third-order valence-electron chi connectivity index (χ3n) is 5.41. The van der Waals surface area contributed by atoms with Gasteiger partial charge in [-0.05, 0) is 42.5 Å². The number of likely N-dealkylation sites (tertiary alicyclic amines) is 1. The molecule has 1 atom stereocenters. The van der Waals surface area contributed by atoms with Crippen LogP contribution in [0, 0.1) is 11.7 Å². The molecule has 0 spiro atoms. The van der Waals surface area contributed by atoms with Gasteiger partial charge in [-0.25, -0.2) is 4.39 Å². The van der Waals surface area contributed by atoms with Crippen LogP contribution in [0.25, 0.3) is 0 Å². The highest BCUT2D eigenvalue weighted by molar-refractivity contribution is 14.0. The molecule has 0 saturated carbocycles. The van der Waals surface area contributed by atoms with E-state index in [4.69, 9.17) is 0 Å². The molecule has 0 bridgehead atoms. The quantitative estimate of drug-likeness (QED) is 0.222. The molecule has 2 aromatic carbocycles. The van der Waals surface area contributed by atoms with Crippen LogP contribution in [-0.4, -0.2) is 50.0 Å². The van der Waals surface area contributed by atoms with Gasteiger partial charge in [-0.15, -0.1) is 24.0 Å². The number of aryl methyl sites for hydroxylation is 1. The molecule has 0 radical (unpaired) electrons. The lowest BCUT2D eigenvalue weighted by atomic mass is 10.1. The van der Waals surface area contributed by atoms with Crippen molar-refractivity contribution in [2.24, 2.45) is 10.9 Å². The Morgan fingerprint density at radius 3 is 2.61 bits per heavy atom. The molecule has 1 unspecified atom stereocenters. The van der Waals surface area contributed by atoms with E-state index < -0.39 is 0 Å². The van der Waals surface area contributed by atoms with E-state index in [1.54, 1.807) is 19.2 Å². The van der Waals surface area contributed by atoms with Crippen molar-refractivity contribution in [2.45, 2.75) is 25.7 Å². The van der Waals surface area contributed by atoms with Crippen molar-refractivity contribution in [1.29, 1.82) is 0 Å². The lowest BCUT2D eigenvalue weighted by molar-refractivity contribution is -0.127. The van der Waals surface area contributed by atoms with Crippen molar-refractivity contribution < 1.29 is 9.18 Å². The zero-order valence-corrected chi connectivity index (χ0v) is 20.3. The number of hydrogen-bond donors (Lipinski definition) is 2. The lowest BCUT2D eigenvalue weighted by Gasteiger charge is -2.18. The van der Waals surface area contributed by atoms with Gasteiger partial charge in [-0.3, -0.25) is 9.79 Å². The van der Waals surface area contributed by atoms with Crippen molar-refractivity contribution in [3.63, 3.8) is 0 Å². The first-order valence-corrected chi connectivity index (χ1v) is 10.6. The second-order valence-corrected chi connectivity index (χ2v) is 7.76. The van der Waals surface area contributed by atoms with Gasteiger partial charge < -0.3 is 15.5 Å². The van der Waals surface area contributed by atoms with E-state index >= 15 is 0 Å². The number of rotatable bonds is 9. The molecule has 3 rings (SSSR count). The van der Waals surface area contributed by atoms with Gasteiger partial charge in [0.25, 0.3) is 0 Å². The fourth-order valence-corrected chi connectivity index (χ4v) is 3.77. The van der Waals surface area contributed by atoms with Crippen molar-refractivity contribution in [2.75, 3.05) is 33.2 Å². The van der Waals surface area contributed by atoms with E-state index in [9.17, 15) is 9.18 Å². The van der Waals surface area contributed by atoms with Crippen LogP contribution in [0.5, 0.6) is 0 Å². The number of guanidine groups is 1. The highest BCUT2D eigenvalue weighted by atomic mass is 127. The molecule has 2 aromatic rings. The molecule has 2 N–H and O–H groups in total. The molecule has 1 fully saturated rings. The third kappa shape index (κ3) is 8.47. The van der Waals surface area contributed by atoms with E-state index in [2.05, 4.69) is 27.8 Å². The van der Waals surface area contributed by atoms with Gasteiger partial charge in [0.05, 0.1) is 0 Å². The second kappa shape index (κ2) is 13.3. The first-order chi connectivity index (χ1) is 14.6. The van der Waals surface area contributed by atoms with Gasteiger partial charge in [0, 0.05) is 45.6 Å².